The predicted octanol–water partition coefficient (Wildman–Crippen LogP) is -0.250. The van der Waals surface area contributed by atoms with Gasteiger partial charge in [-0.15, -0.1) is 0 Å². The minimum Gasteiger partial charge on any atom is -0.395 e. The molecule has 0 radical (unpaired) electrons. The van der Waals surface area contributed by atoms with Gasteiger partial charge < -0.3 is 10.0 Å². The maximum absolute atomic E-state index is 12.7. The van der Waals surface area contributed by atoms with E-state index in [-0.39, 0.29) is 18.6 Å². The molecule has 7 heteroatoms. The topological polar surface area (TPSA) is 72.8 Å². The van der Waals surface area contributed by atoms with Crippen LogP contribution in [0, 0.1) is 0 Å². The summed E-state index contributed by atoms with van der Waals surface area (Å²) >= 11 is 0. The molecule has 7 nitrogen and oxygen atoms in total. The molecule has 2 saturated heterocycles. The van der Waals surface area contributed by atoms with Gasteiger partial charge in [-0.05, 0) is 12.8 Å². The Hall–Kier alpha value is -1.57. The zero-order valence-electron chi connectivity index (χ0n) is 13.5. The number of hydrogen-bond donors (Lipinski definition) is 1. The van der Waals surface area contributed by atoms with Gasteiger partial charge in [0.2, 0.25) is 5.91 Å². The van der Waals surface area contributed by atoms with E-state index >= 15 is 0 Å². The van der Waals surface area contributed by atoms with Gasteiger partial charge in [0.25, 0.3) is 0 Å². The van der Waals surface area contributed by atoms with E-state index in [1.807, 2.05) is 4.90 Å². The van der Waals surface area contributed by atoms with Crippen LogP contribution in [-0.2, 0) is 4.79 Å². The van der Waals surface area contributed by atoms with Crippen molar-refractivity contribution in [2.45, 2.75) is 18.9 Å². The summed E-state index contributed by atoms with van der Waals surface area (Å²) in [6, 6.07) is 0.0758. The molecular formula is C16H25N5O2. The van der Waals surface area contributed by atoms with Crippen molar-refractivity contribution in [3.8, 4) is 0 Å². The Kier molecular flexibility index (Phi) is 5.53. The number of aliphatic hydroxyl groups is 1. The number of aromatic nitrogens is 2. The molecule has 2 aliphatic rings. The molecule has 0 bridgehead atoms. The first-order chi connectivity index (χ1) is 11.3. The fraction of sp³-hybridized carbons (Fsp3) is 0.688. The van der Waals surface area contributed by atoms with E-state index in [1.165, 1.54) is 0 Å². The summed E-state index contributed by atoms with van der Waals surface area (Å²) in [5, 5.41) is 8.98. The molecular weight excluding hydrogens is 294 g/mol. The second-order valence-corrected chi connectivity index (χ2v) is 6.22. The van der Waals surface area contributed by atoms with E-state index in [9.17, 15) is 4.79 Å². The molecule has 0 spiro atoms. The van der Waals surface area contributed by atoms with Gasteiger partial charge in [0, 0.05) is 51.7 Å². The van der Waals surface area contributed by atoms with Crippen LogP contribution in [0.5, 0.6) is 0 Å². The summed E-state index contributed by atoms with van der Waals surface area (Å²) in [5.41, 5.74) is 0.895. The minimum atomic E-state index is 0.0758. The minimum absolute atomic E-state index is 0.0758. The summed E-state index contributed by atoms with van der Waals surface area (Å²) in [6.45, 7) is 5.82. The van der Waals surface area contributed by atoms with Crippen LogP contribution in [0.4, 0.5) is 0 Å². The third kappa shape index (κ3) is 4.04. The van der Waals surface area contributed by atoms with Crippen LogP contribution in [-0.4, -0.2) is 88.1 Å². The molecule has 1 atom stereocenters. The number of carbonyl (C=O) groups is 1. The summed E-state index contributed by atoms with van der Waals surface area (Å²) < 4.78 is 0. The summed E-state index contributed by atoms with van der Waals surface area (Å²) in [6.07, 6.45) is 7.11. The Morgan fingerprint density at radius 1 is 1.17 bits per heavy atom. The normalized spacial score (nSPS) is 23.3. The summed E-state index contributed by atoms with van der Waals surface area (Å²) in [4.78, 5) is 27.6. The molecule has 2 aliphatic heterocycles. The Morgan fingerprint density at radius 3 is 2.65 bits per heavy atom. The van der Waals surface area contributed by atoms with Crippen LogP contribution in [0.2, 0.25) is 0 Å². The van der Waals surface area contributed by atoms with Crippen LogP contribution >= 0.6 is 0 Å². The molecule has 0 unspecified atom stereocenters. The lowest BCUT2D eigenvalue weighted by atomic mass is 10.1. The van der Waals surface area contributed by atoms with Crippen molar-refractivity contribution in [2.24, 2.45) is 0 Å². The Balaban J connectivity index is 1.54. The quantitative estimate of drug-likeness (QED) is 0.807. The largest absolute Gasteiger partial charge is 0.395 e. The number of rotatable bonds is 5. The van der Waals surface area contributed by atoms with E-state index in [1.54, 1.807) is 18.6 Å². The van der Waals surface area contributed by atoms with Crippen molar-refractivity contribution in [1.82, 2.24) is 24.7 Å². The summed E-state index contributed by atoms with van der Waals surface area (Å²) in [7, 11) is 0. The highest BCUT2D eigenvalue weighted by molar-refractivity contribution is 5.79. The number of carbonyl (C=O) groups excluding carboxylic acids is 1. The van der Waals surface area contributed by atoms with Gasteiger partial charge in [-0.25, -0.2) is 0 Å². The second kappa shape index (κ2) is 7.81. The van der Waals surface area contributed by atoms with E-state index in [2.05, 4.69) is 19.8 Å². The molecule has 3 heterocycles. The molecule has 1 N–H and O–H groups in total. The SMILES string of the molecule is O=C(CN1CCN(CCO)CC1)N1CCC[C@@H]1c1cnccn1. The van der Waals surface area contributed by atoms with Crippen LogP contribution in [0.1, 0.15) is 24.6 Å². The first kappa shape index (κ1) is 16.3. The van der Waals surface area contributed by atoms with E-state index in [4.69, 9.17) is 5.11 Å². The fourth-order valence-corrected chi connectivity index (χ4v) is 3.45. The number of β-amino-alcohol motifs (C(OH)–C–C–N with tert-alkyl or cyclic N) is 1. The maximum atomic E-state index is 12.7. The van der Waals surface area contributed by atoms with Crippen molar-refractivity contribution in [2.75, 3.05) is 52.4 Å². The number of aliphatic hydroxyl groups excluding tert-OH is 1. The number of piperazine rings is 1. The monoisotopic (exact) mass is 319 g/mol. The fourth-order valence-electron chi connectivity index (χ4n) is 3.45. The maximum Gasteiger partial charge on any atom is 0.237 e. The average Bonchev–Trinajstić information content (AvgIpc) is 3.07. The van der Waals surface area contributed by atoms with E-state index < -0.39 is 0 Å². The molecule has 1 amide bonds. The number of likely N-dealkylation sites (tertiary alicyclic amines) is 1. The lowest BCUT2D eigenvalue weighted by Gasteiger charge is -2.35. The molecule has 23 heavy (non-hydrogen) atoms. The Morgan fingerprint density at radius 2 is 1.96 bits per heavy atom. The molecule has 0 saturated carbocycles. The van der Waals surface area contributed by atoms with Gasteiger partial charge in [-0.2, -0.15) is 0 Å². The molecule has 1 aromatic heterocycles. The number of hydrogen-bond acceptors (Lipinski definition) is 6. The smallest absolute Gasteiger partial charge is 0.237 e. The Bertz CT molecular complexity index is 504. The highest BCUT2D eigenvalue weighted by atomic mass is 16.3. The van der Waals surface area contributed by atoms with Crippen molar-refractivity contribution in [1.29, 1.82) is 0 Å². The van der Waals surface area contributed by atoms with Crippen molar-refractivity contribution < 1.29 is 9.90 Å². The molecule has 2 fully saturated rings. The van der Waals surface area contributed by atoms with E-state index in [0.717, 1.165) is 57.8 Å². The standard InChI is InChI=1S/C16H25N5O2/c22-11-10-19-6-8-20(9-7-19)13-16(23)21-5-1-2-15(21)14-12-17-3-4-18-14/h3-4,12,15,22H,1-2,5-11,13H2/t15-/m1/s1. The number of amides is 1. The molecule has 3 rings (SSSR count). The highest BCUT2D eigenvalue weighted by Crippen LogP contribution is 2.30. The average molecular weight is 319 g/mol. The molecule has 1 aromatic rings. The lowest BCUT2D eigenvalue weighted by molar-refractivity contribution is -0.133. The molecule has 0 aromatic carbocycles. The van der Waals surface area contributed by atoms with Crippen molar-refractivity contribution in [3.05, 3.63) is 24.3 Å². The van der Waals surface area contributed by atoms with Crippen molar-refractivity contribution >= 4 is 5.91 Å². The van der Waals surface area contributed by atoms with Gasteiger partial charge >= 0.3 is 0 Å². The van der Waals surface area contributed by atoms with Crippen LogP contribution in [0.25, 0.3) is 0 Å². The first-order valence-electron chi connectivity index (χ1n) is 8.39. The summed E-state index contributed by atoms with van der Waals surface area (Å²) in [5.74, 6) is 0.189. The first-order valence-corrected chi connectivity index (χ1v) is 8.39. The van der Waals surface area contributed by atoms with Crippen LogP contribution < -0.4 is 0 Å². The van der Waals surface area contributed by atoms with Gasteiger partial charge in [-0.1, -0.05) is 0 Å². The van der Waals surface area contributed by atoms with E-state index in [0.29, 0.717) is 6.54 Å². The highest BCUT2D eigenvalue weighted by Gasteiger charge is 2.32. The zero-order valence-corrected chi connectivity index (χ0v) is 13.5. The van der Waals surface area contributed by atoms with Crippen molar-refractivity contribution in [3.63, 3.8) is 0 Å². The van der Waals surface area contributed by atoms with Crippen LogP contribution in [0.3, 0.4) is 0 Å². The van der Waals surface area contributed by atoms with Gasteiger partial charge in [0.15, 0.2) is 0 Å². The zero-order chi connectivity index (χ0) is 16.1. The predicted molar refractivity (Wildman–Crippen MR) is 85.7 cm³/mol. The third-order valence-corrected chi connectivity index (χ3v) is 4.74. The van der Waals surface area contributed by atoms with Gasteiger partial charge in [-0.3, -0.25) is 24.6 Å². The van der Waals surface area contributed by atoms with Gasteiger partial charge in [0.1, 0.15) is 0 Å². The van der Waals surface area contributed by atoms with Gasteiger partial charge in [0.05, 0.1) is 31.1 Å². The Labute approximate surface area is 136 Å². The van der Waals surface area contributed by atoms with Crippen LogP contribution in [0.15, 0.2) is 18.6 Å². The molecule has 0 aliphatic carbocycles. The molecule has 126 valence electrons. The second-order valence-electron chi connectivity index (χ2n) is 6.22. The lowest BCUT2D eigenvalue weighted by Crippen LogP contribution is -2.50. The number of nitrogens with zero attached hydrogens (tertiary/aromatic N) is 5. The third-order valence-electron chi connectivity index (χ3n) is 4.74.